The summed E-state index contributed by atoms with van der Waals surface area (Å²) >= 11 is 0. The molecule has 2 N–H and O–H groups in total. The molecule has 7 nitrogen and oxygen atoms in total. The minimum Gasteiger partial charge on any atom is -0.492 e. The number of benzene rings is 1. The lowest BCUT2D eigenvalue weighted by Gasteiger charge is -2.20. The highest BCUT2D eigenvalue weighted by Crippen LogP contribution is 2.25. The molecule has 3 aromatic rings. The van der Waals surface area contributed by atoms with E-state index in [9.17, 15) is 4.79 Å². The third kappa shape index (κ3) is 4.35. The maximum atomic E-state index is 12.3. The molecule has 0 saturated carbocycles. The smallest absolute Gasteiger partial charge is 0.263 e. The molecule has 0 fully saturated rings. The number of hydrogen-bond acceptors (Lipinski definition) is 5. The largest absolute Gasteiger partial charge is 0.492 e. The Kier molecular flexibility index (Phi) is 5.19. The van der Waals surface area contributed by atoms with Crippen molar-refractivity contribution < 1.29 is 4.74 Å². The van der Waals surface area contributed by atoms with Crippen molar-refractivity contribution >= 4 is 17.0 Å². The number of fused-ring (bicyclic) bond motifs is 1. The first kappa shape index (κ1) is 19.9. The molecule has 0 radical (unpaired) electrons. The Morgan fingerprint density at radius 3 is 2.61 bits per heavy atom. The highest BCUT2D eigenvalue weighted by molar-refractivity contribution is 5.74. The summed E-state index contributed by atoms with van der Waals surface area (Å²) in [7, 11) is 0. The van der Waals surface area contributed by atoms with Gasteiger partial charge in [-0.25, -0.2) is 4.68 Å². The molecule has 0 aliphatic rings. The number of H-pyrrole nitrogens is 1. The molecule has 0 aliphatic carbocycles. The Bertz CT molecular complexity index is 1020. The summed E-state index contributed by atoms with van der Waals surface area (Å²) in [6.45, 7) is 13.6. The van der Waals surface area contributed by atoms with Gasteiger partial charge < -0.3 is 10.1 Å². The average molecular weight is 383 g/mol. The second-order valence-corrected chi connectivity index (χ2v) is 8.93. The molecule has 2 heterocycles. The van der Waals surface area contributed by atoms with E-state index in [1.165, 1.54) is 5.56 Å². The number of nitrogens with one attached hydrogen (secondary N) is 2. The molecular formula is C21H29N5O2. The number of hydrogen-bond donors (Lipinski definition) is 2. The standard InChI is InChI=1S/C21H29N5O2/c1-20(2,3)14-8-7-9-15(12-14)28-11-10-22-19-24-17-16(18(27)25-19)13-23-26(17)21(4,5)6/h7-9,12-13H,10-11H2,1-6H3,(H2,22,24,25,27). The van der Waals surface area contributed by atoms with Crippen molar-refractivity contribution in [2.75, 3.05) is 18.5 Å². The summed E-state index contributed by atoms with van der Waals surface area (Å²) in [5.74, 6) is 1.24. The molecule has 3 rings (SSSR count). The van der Waals surface area contributed by atoms with Crippen molar-refractivity contribution in [3.63, 3.8) is 0 Å². The number of ether oxygens (including phenoxy) is 1. The third-order valence-corrected chi connectivity index (χ3v) is 4.44. The van der Waals surface area contributed by atoms with E-state index in [4.69, 9.17) is 4.74 Å². The Morgan fingerprint density at radius 1 is 1.18 bits per heavy atom. The molecule has 150 valence electrons. The number of aromatic nitrogens is 4. The first-order valence-corrected chi connectivity index (χ1v) is 9.51. The quantitative estimate of drug-likeness (QED) is 0.657. The van der Waals surface area contributed by atoms with Crippen LogP contribution >= 0.6 is 0 Å². The fraction of sp³-hybridized carbons (Fsp3) is 0.476. The molecule has 0 amide bonds. The van der Waals surface area contributed by atoms with Crippen molar-refractivity contribution in [3.8, 4) is 5.75 Å². The van der Waals surface area contributed by atoms with Crippen molar-refractivity contribution in [1.82, 2.24) is 19.7 Å². The lowest BCUT2D eigenvalue weighted by Crippen LogP contribution is -2.24. The van der Waals surface area contributed by atoms with Crippen LogP contribution in [-0.2, 0) is 11.0 Å². The molecule has 0 bridgehead atoms. The van der Waals surface area contributed by atoms with Gasteiger partial charge in [-0.05, 0) is 43.9 Å². The maximum Gasteiger partial charge on any atom is 0.263 e. The van der Waals surface area contributed by atoms with Gasteiger partial charge in [-0.1, -0.05) is 32.9 Å². The fourth-order valence-electron chi connectivity index (χ4n) is 2.88. The summed E-state index contributed by atoms with van der Waals surface area (Å²) in [6.07, 6.45) is 1.56. The predicted octanol–water partition coefficient (Wildman–Crippen LogP) is 3.66. The van der Waals surface area contributed by atoms with Crippen LogP contribution in [0.25, 0.3) is 11.0 Å². The molecule has 0 saturated heterocycles. The van der Waals surface area contributed by atoms with Gasteiger partial charge in [-0.15, -0.1) is 0 Å². The Hall–Kier alpha value is -2.83. The summed E-state index contributed by atoms with van der Waals surface area (Å²) in [4.78, 5) is 19.6. The van der Waals surface area contributed by atoms with Crippen LogP contribution in [0.5, 0.6) is 5.75 Å². The van der Waals surface area contributed by atoms with E-state index in [0.717, 1.165) is 5.75 Å². The topological polar surface area (TPSA) is 84.8 Å². The van der Waals surface area contributed by atoms with Crippen molar-refractivity contribution in [1.29, 1.82) is 0 Å². The second-order valence-electron chi connectivity index (χ2n) is 8.93. The van der Waals surface area contributed by atoms with Crippen LogP contribution in [0.2, 0.25) is 0 Å². The monoisotopic (exact) mass is 383 g/mol. The molecule has 2 aromatic heterocycles. The normalized spacial score (nSPS) is 12.4. The Labute approximate surface area is 165 Å². The number of aromatic amines is 1. The van der Waals surface area contributed by atoms with E-state index in [2.05, 4.69) is 53.3 Å². The van der Waals surface area contributed by atoms with Gasteiger partial charge in [0.1, 0.15) is 17.7 Å². The lowest BCUT2D eigenvalue weighted by molar-refractivity contribution is 0.331. The van der Waals surface area contributed by atoms with Gasteiger partial charge in [-0.2, -0.15) is 10.1 Å². The van der Waals surface area contributed by atoms with E-state index in [-0.39, 0.29) is 16.5 Å². The van der Waals surface area contributed by atoms with Crippen LogP contribution in [0.15, 0.2) is 35.3 Å². The molecule has 28 heavy (non-hydrogen) atoms. The van der Waals surface area contributed by atoms with Gasteiger partial charge in [0, 0.05) is 0 Å². The Balaban J connectivity index is 1.67. The summed E-state index contributed by atoms with van der Waals surface area (Å²) < 4.78 is 7.61. The number of rotatable bonds is 5. The van der Waals surface area contributed by atoms with Gasteiger partial charge in [0.2, 0.25) is 5.95 Å². The fourth-order valence-corrected chi connectivity index (χ4v) is 2.88. The van der Waals surface area contributed by atoms with Crippen LogP contribution < -0.4 is 15.6 Å². The summed E-state index contributed by atoms with van der Waals surface area (Å²) in [6, 6.07) is 8.12. The van der Waals surface area contributed by atoms with Gasteiger partial charge in [0.25, 0.3) is 5.56 Å². The second kappa shape index (κ2) is 7.30. The first-order valence-electron chi connectivity index (χ1n) is 9.51. The van der Waals surface area contributed by atoms with Crippen molar-refractivity contribution in [3.05, 3.63) is 46.4 Å². The van der Waals surface area contributed by atoms with Gasteiger partial charge in [-0.3, -0.25) is 9.78 Å². The highest BCUT2D eigenvalue weighted by Gasteiger charge is 2.20. The molecule has 0 aliphatic heterocycles. The Morgan fingerprint density at radius 2 is 1.93 bits per heavy atom. The van der Waals surface area contributed by atoms with Crippen molar-refractivity contribution in [2.24, 2.45) is 0 Å². The predicted molar refractivity (Wildman–Crippen MR) is 112 cm³/mol. The van der Waals surface area contributed by atoms with Crippen LogP contribution in [0, 0.1) is 0 Å². The van der Waals surface area contributed by atoms with Crippen LogP contribution in [0.1, 0.15) is 47.1 Å². The average Bonchev–Trinajstić information content (AvgIpc) is 3.03. The molecule has 1 aromatic carbocycles. The lowest BCUT2D eigenvalue weighted by atomic mass is 9.87. The SMILES string of the molecule is CC(C)(C)c1cccc(OCCNc2nc3c(cnn3C(C)(C)C)c(=O)[nH]2)c1. The molecule has 0 atom stereocenters. The first-order chi connectivity index (χ1) is 13.1. The zero-order valence-corrected chi connectivity index (χ0v) is 17.5. The van der Waals surface area contributed by atoms with E-state index >= 15 is 0 Å². The minimum absolute atomic E-state index is 0.0758. The van der Waals surface area contributed by atoms with Gasteiger partial charge in [0.05, 0.1) is 18.3 Å². The molecule has 0 spiro atoms. The third-order valence-electron chi connectivity index (χ3n) is 4.44. The van der Waals surface area contributed by atoms with Gasteiger partial charge >= 0.3 is 0 Å². The van der Waals surface area contributed by atoms with E-state index < -0.39 is 0 Å². The molecule has 0 unspecified atom stereocenters. The van der Waals surface area contributed by atoms with Gasteiger partial charge in [0.15, 0.2) is 5.65 Å². The highest BCUT2D eigenvalue weighted by atomic mass is 16.5. The summed E-state index contributed by atoms with van der Waals surface area (Å²) in [5, 5.41) is 7.92. The van der Waals surface area contributed by atoms with E-state index in [1.807, 2.05) is 32.9 Å². The van der Waals surface area contributed by atoms with E-state index in [0.29, 0.717) is 30.1 Å². The van der Waals surface area contributed by atoms with Crippen LogP contribution in [0.4, 0.5) is 5.95 Å². The zero-order valence-electron chi connectivity index (χ0n) is 17.5. The number of anilines is 1. The van der Waals surface area contributed by atoms with Crippen molar-refractivity contribution in [2.45, 2.75) is 52.5 Å². The number of nitrogens with zero attached hydrogens (tertiary/aromatic N) is 3. The zero-order chi connectivity index (χ0) is 20.5. The maximum absolute atomic E-state index is 12.3. The van der Waals surface area contributed by atoms with E-state index in [1.54, 1.807) is 10.9 Å². The van der Waals surface area contributed by atoms with Crippen LogP contribution in [-0.4, -0.2) is 32.9 Å². The molecule has 7 heteroatoms. The summed E-state index contributed by atoms with van der Waals surface area (Å²) in [5.41, 5.74) is 1.40. The minimum atomic E-state index is -0.263. The van der Waals surface area contributed by atoms with Crippen LogP contribution in [0.3, 0.4) is 0 Å². The molecular weight excluding hydrogens is 354 g/mol.